The molecule has 1 aliphatic heterocycles. The van der Waals surface area contributed by atoms with Crippen molar-refractivity contribution in [1.29, 1.82) is 0 Å². The van der Waals surface area contributed by atoms with Crippen LogP contribution in [0.1, 0.15) is 37.8 Å². The van der Waals surface area contributed by atoms with E-state index in [1.807, 2.05) is 18.8 Å². The van der Waals surface area contributed by atoms with Gasteiger partial charge in [0.15, 0.2) is 5.78 Å². The van der Waals surface area contributed by atoms with Crippen LogP contribution >= 0.6 is 11.8 Å². The van der Waals surface area contributed by atoms with Crippen LogP contribution in [-0.2, 0) is 4.79 Å². The van der Waals surface area contributed by atoms with E-state index in [9.17, 15) is 4.79 Å². The van der Waals surface area contributed by atoms with Gasteiger partial charge in [-0.3, -0.25) is 4.79 Å². The van der Waals surface area contributed by atoms with Crippen molar-refractivity contribution in [2.45, 2.75) is 37.4 Å². The van der Waals surface area contributed by atoms with Gasteiger partial charge in [0, 0.05) is 37.5 Å². The first-order valence-electron chi connectivity index (χ1n) is 8.98. The Morgan fingerprint density at radius 2 is 2.04 bits per heavy atom. The van der Waals surface area contributed by atoms with E-state index in [0.29, 0.717) is 6.42 Å². The molecular formula is C19H23N5OS. The highest BCUT2D eigenvalue weighted by Gasteiger charge is 2.36. The molecule has 6 nitrogen and oxygen atoms in total. The zero-order chi connectivity index (χ0) is 18.3. The van der Waals surface area contributed by atoms with Crippen LogP contribution in [-0.4, -0.2) is 40.4 Å². The number of carbonyl (C=O) groups excluding carboxylic acids is 1. The molecule has 0 amide bonds. The van der Waals surface area contributed by atoms with Gasteiger partial charge >= 0.3 is 0 Å². The van der Waals surface area contributed by atoms with Gasteiger partial charge in [-0.2, -0.15) is 4.98 Å². The normalized spacial score (nSPS) is 19.0. The molecule has 0 spiro atoms. The maximum atomic E-state index is 12.8. The fourth-order valence-electron chi connectivity index (χ4n) is 3.59. The first-order chi connectivity index (χ1) is 12.6. The lowest BCUT2D eigenvalue weighted by molar-refractivity contribution is -0.116. The van der Waals surface area contributed by atoms with Gasteiger partial charge < -0.3 is 10.2 Å². The molecule has 2 heterocycles. The molecule has 0 unspecified atom stereocenters. The molecule has 7 heteroatoms. The van der Waals surface area contributed by atoms with Crippen molar-refractivity contribution in [3.05, 3.63) is 41.1 Å². The van der Waals surface area contributed by atoms with E-state index in [4.69, 9.17) is 5.10 Å². The summed E-state index contributed by atoms with van der Waals surface area (Å²) in [5, 5.41) is 8.80. The number of ketones is 1. The predicted octanol–water partition coefficient (Wildman–Crippen LogP) is 3.48. The van der Waals surface area contributed by atoms with Crippen LogP contribution in [0.25, 0.3) is 0 Å². The lowest BCUT2D eigenvalue weighted by Crippen LogP contribution is -2.31. The smallest absolute Gasteiger partial charge is 0.227 e. The van der Waals surface area contributed by atoms with E-state index in [2.05, 4.69) is 46.4 Å². The van der Waals surface area contributed by atoms with E-state index in [1.165, 1.54) is 0 Å². The van der Waals surface area contributed by atoms with Crippen molar-refractivity contribution in [3.8, 4) is 0 Å². The van der Waals surface area contributed by atoms with Crippen LogP contribution in [0, 0.1) is 0 Å². The molecule has 1 aromatic carbocycles. The van der Waals surface area contributed by atoms with Crippen LogP contribution in [0.3, 0.4) is 0 Å². The zero-order valence-corrected chi connectivity index (χ0v) is 16.1. The molecule has 0 radical (unpaired) electrons. The Hall–Kier alpha value is -2.28. The van der Waals surface area contributed by atoms with Crippen LogP contribution in [0.15, 0.2) is 40.7 Å². The van der Waals surface area contributed by atoms with Gasteiger partial charge in [0.2, 0.25) is 11.1 Å². The number of benzene rings is 1. The number of hydrogen-bond donors (Lipinski definition) is 1. The number of allylic oxidation sites excluding steroid dienone is 2. The number of thioether (sulfide) groups is 1. The standard InChI is InChI=1S/C19H23N5OS/c1-4-26-19-21-18-20-14-6-5-7-15(25)16(14)17(24(18)22-19)12-8-10-13(11-9-12)23(2)3/h8-11,17H,4-7H2,1-3H3,(H,20,21,22)/t17-/m1/s1. The van der Waals surface area contributed by atoms with Crippen molar-refractivity contribution in [2.75, 3.05) is 30.1 Å². The first kappa shape index (κ1) is 17.1. The summed E-state index contributed by atoms with van der Waals surface area (Å²) in [5.74, 6) is 1.86. The summed E-state index contributed by atoms with van der Waals surface area (Å²) in [6, 6.07) is 8.15. The number of Topliss-reactive ketones (excluding diaryl/α,β-unsaturated/α-hetero) is 1. The average molecular weight is 369 g/mol. The quantitative estimate of drug-likeness (QED) is 0.833. The van der Waals surface area contributed by atoms with Gasteiger partial charge in [-0.25, -0.2) is 4.68 Å². The Labute approximate surface area is 157 Å². The summed E-state index contributed by atoms with van der Waals surface area (Å²) in [6.07, 6.45) is 2.38. The third-order valence-corrected chi connectivity index (χ3v) is 5.57. The molecule has 0 saturated carbocycles. The SMILES string of the molecule is CCSc1nc2n(n1)[C@H](c1ccc(N(C)C)cc1)C1=C(CCCC1=O)N2. The van der Waals surface area contributed by atoms with Crippen molar-refractivity contribution in [2.24, 2.45) is 0 Å². The second-order valence-corrected chi connectivity index (χ2v) is 8.01. The number of fused-ring (bicyclic) bond motifs is 1. The van der Waals surface area contributed by atoms with Gasteiger partial charge in [-0.15, -0.1) is 5.10 Å². The zero-order valence-electron chi connectivity index (χ0n) is 15.3. The lowest BCUT2D eigenvalue weighted by Gasteiger charge is -2.32. The maximum absolute atomic E-state index is 12.8. The number of nitrogens with one attached hydrogen (secondary N) is 1. The fourth-order valence-corrected chi connectivity index (χ4v) is 4.14. The molecule has 0 bridgehead atoms. The van der Waals surface area contributed by atoms with Gasteiger partial charge in [0.25, 0.3) is 0 Å². The van der Waals surface area contributed by atoms with Crippen molar-refractivity contribution in [3.63, 3.8) is 0 Å². The number of hydrogen-bond acceptors (Lipinski definition) is 6. The summed E-state index contributed by atoms with van der Waals surface area (Å²) in [6.45, 7) is 2.09. The maximum Gasteiger partial charge on any atom is 0.227 e. The fraction of sp³-hybridized carbons (Fsp3) is 0.421. The van der Waals surface area contributed by atoms with Crippen LogP contribution < -0.4 is 10.2 Å². The average Bonchev–Trinajstić information content (AvgIpc) is 3.02. The van der Waals surface area contributed by atoms with Crippen molar-refractivity contribution in [1.82, 2.24) is 14.8 Å². The summed E-state index contributed by atoms with van der Waals surface area (Å²) in [5.41, 5.74) is 4.06. The van der Waals surface area contributed by atoms with E-state index in [-0.39, 0.29) is 11.8 Å². The summed E-state index contributed by atoms with van der Waals surface area (Å²) < 4.78 is 1.88. The Bertz CT molecular complexity index is 869. The summed E-state index contributed by atoms with van der Waals surface area (Å²) in [4.78, 5) is 19.5. The van der Waals surface area contributed by atoms with Crippen LogP contribution in [0.4, 0.5) is 11.6 Å². The molecule has 1 atom stereocenters. The van der Waals surface area contributed by atoms with Gasteiger partial charge in [-0.05, 0) is 36.3 Å². The van der Waals surface area contributed by atoms with Crippen molar-refractivity contribution >= 4 is 29.2 Å². The molecule has 26 heavy (non-hydrogen) atoms. The molecule has 1 aromatic heterocycles. The Morgan fingerprint density at radius 1 is 1.27 bits per heavy atom. The minimum Gasteiger partial charge on any atom is -0.378 e. The molecular weight excluding hydrogens is 346 g/mol. The predicted molar refractivity (Wildman–Crippen MR) is 105 cm³/mol. The Balaban J connectivity index is 1.83. The monoisotopic (exact) mass is 369 g/mol. The van der Waals surface area contributed by atoms with Crippen molar-refractivity contribution < 1.29 is 4.79 Å². The number of rotatable bonds is 4. The molecule has 136 valence electrons. The van der Waals surface area contributed by atoms with E-state index in [1.54, 1.807) is 11.8 Å². The topological polar surface area (TPSA) is 63.1 Å². The van der Waals surface area contributed by atoms with Crippen LogP contribution in [0.2, 0.25) is 0 Å². The number of nitrogens with zero attached hydrogens (tertiary/aromatic N) is 4. The number of carbonyl (C=O) groups is 1. The Morgan fingerprint density at radius 3 is 2.73 bits per heavy atom. The number of anilines is 2. The summed E-state index contributed by atoms with van der Waals surface area (Å²) in [7, 11) is 4.04. The van der Waals surface area contributed by atoms with Crippen LogP contribution in [0.5, 0.6) is 0 Å². The molecule has 0 saturated heterocycles. The van der Waals surface area contributed by atoms with Gasteiger partial charge in [0.05, 0.1) is 0 Å². The van der Waals surface area contributed by atoms with E-state index >= 15 is 0 Å². The first-order valence-corrected chi connectivity index (χ1v) is 9.97. The second-order valence-electron chi connectivity index (χ2n) is 6.78. The molecule has 1 N–H and O–H groups in total. The number of aromatic nitrogens is 3. The highest BCUT2D eigenvalue weighted by Crippen LogP contribution is 2.40. The minimum atomic E-state index is -0.205. The molecule has 4 rings (SSSR count). The third-order valence-electron chi connectivity index (χ3n) is 4.85. The largest absolute Gasteiger partial charge is 0.378 e. The highest BCUT2D eigenvalue weighted by molar-refractivity contribution is 7.99. The van der Waals surface area contributed by atoms with E-state index < -0.39 is 0 Å². The highest BCUT2D eigenvalue weighted by atomic mass is 32.2. The minimum absolute atomic E-state index is 0.205. The third kappa shape index (κ3) is 2.90. The van der Waals surface area contributed by atoms with E-state index in [0.717, 1.165) is 52.2 Å². The Kier molecular flexibility index (Phi) is 4.48. The van der Waals surface area contributed by atoms with Gasteiger partial charge in [-0.1, -0.05) is 30.8 Å². The molecule has 2 aromatic rings. The molecule has 2 aliphatic rings. The lowest BCUT2D eigenvalue weighted by atomic mass is 9.85. The second kappa shape index (κ2) is 6.79. The molecule has 0 fully saturated rings. The van der Waals surface area contributed by atoms with Gasteiger partial charge in [0.1, 0.15) is 6.04 Å². The summed E-state index contributed by atoms with van der Waals surface area (Å²) >= 11 is 1.61. The molecule has 1 aliphatic carbocycles.